The number of aryl methyl sites for hydroxylation is 2. The molecule has 2 aromatic carbocycles. The highest BCUT2D eigenvalue weighted by molar-refractivity contribution is 5.88. The zero-order chi connectivity index (χ0) is 20.4. The minimum atomic E-state index is -0.328. The molecule has 2 N–H and O–H groups in total. The number of aromatic amines is 1. The summed E-state index contributed by atoms with van der Waals surface area (Å²) in [5, 5.41) is 9.93. The van der Waals surface area contributed by atoms with Gasteiger partial charge in [0.2, 0.25) is 17.6 Å². The lowest BCUT2D eigenvalue weighted by molar-refractivity contribution is -0.114. The maximum atomic E-state index is 12.5. The van der Waals surface area contributed by atoms with Gasteiger partial charge in [-0.2, -0.15) is 4.98 Å². The van der Waals surface area contributed by atoms with Crippen LogP contribution in [0.25, 0.3) is 22.2 Å². The molecule has 29 heavy (non-hydrogen) atoms. The number of carbonyl (C=O) groups is 1. The number of nitrogens with zero attached hydrogens (tertiary/aromatic N) is 3. The van der Waals surface area contributed by atoms with Crippen LogP contribution in [0, 0.1) is 0 Å². The van der Waals surface area contributed by atoms with Gasteiger partial charge in [0.1, 0.15) is 0 Å². The molecule has 0 fully saturated rings. The summed E-state index contributed by atoms with van der Waals surface area (Å²) in [4.78, 5) is 40.1. The van der Waals surface area contributed by atoms with E-state index in [0.717, 1.165) is 5.56 Å². The van der Waals surface area contributed by atoms with Gasteiger partial charge in [-0.3, -0.25) is 19.5 Å². The van der Waals surface area contributed by atoms with Crippen LogP contribution in [0.2, 0.25) is 0 Å². The number of hydrogen-bond acceptors (Lipinski definition) is 6. The van der Waals surface area contributed by atoms with Gasteiger partial charge in [-0.25, -0.2) is 4.68 Å². The van der Waals surface area contributed by atoms with Crippen LogP contribution in [-0.4, -0.2) is 25.8 Å². The number of hydrogen-bond donors (Lipinski definition) is 2. The Labute approximate surface area is 164 Å². The Kier molecular flexibility index (Phi) is 4.78. The highest BCUT2D eigenvalue weighted by Crippen LogP contribution is 2.19. The van der Waals surface area contributed by atoms with Crippen LogP contribution in [0.3, 0.4) is 0 Å². The molecule has 146 valence electrons. The Morgan fingerprint density at radius 3 is 2.55 bits per heavy atom. The molecule has 2 aromatic heterocycles. The summed E-state index contributed by atoms with van der Waals surface area (Å²) in [7, 11) is 0. The molecule has 0 aliphatic heterocycles. The molecule has 0 radical (unpaired) electrons. The van der Waals surface area contributed by atoms with Crippen molar-refractivity contribution in [3.8, 4) is 11.4 Å². The van der Waals surface area contributed by atoms with Crippen LogP contribution in [-0.2, 0) is 17.8 Å². The Balaban J connectivity index is 1.51. The molecule has 0 saturated carbocycles. The lowest BCUT2D eigenvalue weighted by Gasteiger charge is -2.05. The van der Waals surface area contributed by atoms with Crippen LogP contribution in [0.5, 0.6) is 0 Å². The van der Waals surface area contributed by atoms with E-state index in [1.165, 1.54) is 11.6 Å². The number of anilines is 1. The smallest absolute Gasteiger partial charge is 0.273 e. The minimum Gasteiger partial charge on any atom is -0.339 e. The summed E-state index contributed by atoms with van der Waals surface area (Å²) in [6.45, 7) is 1.63. The van der Waals surface area contributed by atoms with Gasteiger partial charge in [0.25, 0.3) is 11.1 Å². The summed E-state index contributed by atoms with van der Waals surface area (Å²) in [6.07, 6.45) is 0.283. The molecule has 0 spiro atoms. The fourth-order valence-electron chi connectivity index (χ4n) is 2.99. The molecule has 1 amide bonds. The largest absolute Gasteiger partial charge is 0.339 e. The summed E-state index contributed by atoms with van der Waals surface area (Å²) < 4.78 is 6.50. The molecule has 9 nitrogen and oxygen atoms in total. The van der Waals surface area contributed by atoms with E-state index in [1.54, 1.807) is 48.5 Å². The Bertz CT molecular complexity index is 1300. The predicted octanol–water partition coefficient (Wildman–Crippen LogP) is 1.94. The standard InChI is InChI=1S/C20H17N5O4/c1-12(26)21-14-8-6-13(7-9-14)18-22-17(29-24-18)10-11-25-20(28)16-5-3-2-4-15(16)19(27)23-25/h2-9H,10-11H2,1H3,(H,21,26)(H,23,27). The minimum absolute atomic E-state index is 0.151. The molecule has 4 aromatic rings. The number of nitrogens with one attached hydrogen (secondary N) is 2. The molecule has 0 aliphatic rings. The zero-order valence-corrected chi connectivity index (χ0v) is 15.5. The van der Waals surface area contributed by atoms with E-state index >= 15 is 0 Å². The number of rotatable bonds is 5. The molecule has 4 rings (SSSR count). The molecule has 9 heteroatoms. The summed E-state index contributed by atoms with van der Waals surface area (Å²) in [6, 6.07) is 13.7. The van der Waals surface area contributed by atoms with Crippen LogP contribution < -0.4 is 16.4 Å². The molecule has 0 saturated heterocycles. The topological polar surface area (TPSA) is 123 Å². The lowest BCUT2D eigenvalue weighted by Crippen LogP contribution is -2.30. The maximum Gasteiger partial charge on any atom is 0.273 e. The first kappa shape index (κ1) is 18.4. The normalized spacial score (nSPS) is 10.9. The van der Waals surface area contributed by atoms with E-state index in [2.05, 4.69) is 20.6 Å². The van der Waals surface area contributed by atoms with Gasteiger partial charge in [-0.15, -0.1) is 0 Å². The second-order valence-corrected chi connectivity index (χ2v) is 6.46. The molecular formula is C20H17N5O4. The van der Waals surface area contributed by atoms with Crippen LogP contribution in [0.15, 0.2) is 62.6 Å². The number of fused-ring (bicyclic) bond motifs is 1. The predicted molar refractivity (Wildman–Crippen MR) is 107 cm³/mol. The summed E-state index contributed by atoms with van der Waals surface area (Å²) in [5.41, 5.74) is 0.786. The molecule has 0 atom stereocenters. The quantitative estimate of drug-likeness (QED) is 0.536. The fourth-order valence-corrected chi connectivity index (χ4v) is 2.99. The van der Waals surface area contributed by atoms with Gasteiger partial charge in [-0.1, -0.05) is 17.3 Å². The summed E-state index contributed by atoms with van der Waals surface area (Å²) in [5.74, 6) is 0.585. The van der Waals surface area contributed by atoms with E-state index in [1.807, 2.05) is 0 Å². The number of benzene rings is 2. The third kappa shape index (κ3) is 3.84. The number of aromatic nitrogens is 4. The van der Waals surface area contributed by atoms with Crippen molar-refractivity contribution in [2.75, 3.05) is 5.32 Å². The zero-order valence-electron chi connectivity index (χ0n) is 15.5. The van der Waals surface area contributed by atoms with Crippen molar-refractivity contribution < 1.29 is 9.32 Å². The highest BCUT2D eigenvalue weighted by atomic mass is 16.5. The maximum absolute atomic E-state index is 12.5. The second kappa shape index (κ2) is 7.55. The number of carbonyl (C=O) groups excluding carboxylic acids is 1. The Morgan fingerprint density at radius 1 is 1.10 bits per heavy atom. The van der Waals surface area contributed by atoms with E-state index in [9.17, 15) is 14.4 Å². The first-order chi connectivity index (χ1) is 14.0. The SMILES string of the molecule is CC(=O)Nc1ccc(-c2noc(CCn3[nH]c(=O)c4ccccc4c3=O)n2)cc1. The third-order valence-electron chi connectivity index (χ3n) is 4.36. The van der Waals surface area contributed by atoms with Crippen molar-refractivity contribution in [3.05, 3.63) is 75.1 Å². The van der Waals surface area contributed by atoms with Gasteiger partial charge < -0.3 is 9.84 Å². The number of H-pyrrole nitrogens is 1. The van der Waals surface area contributed by atoms with Crippen molar-refractivity contribution in [2.45, 2.75) is 19.9 Å². The molecule has 0 bridgehead atoms. The monoisotopic (exact) mass is 391 g/mol. The second-order valence-electron chi connectivity index (χ2n) is 6.46. The Hall–Kier alpha value is -4.01. The van der Waals surface area contributed by atoms with Crippen molar-refractivity contribution in [3.63, 3.8) is 0 Å². The van der Waals surface area contributed by atoms with Crippen LogP contribution >= 0.6 is 0 Å². The molecule has 2 heterocycles. The van der Waals surface area contributed by atoms with Crippen molar-refractivity contribution in [2.24, 2.45) is 0 Å². The molecule has 0 aliphatic carbocycles. The number of amides is 1. The van der Waals surface area contributed by atoms with E-state index in [-0.39, 0.29) is 30.0 Å². The van der Waals surface area contributed by atoms with Gasteiger partial charge in [-0.05, 0) is 36.4 Å². The van der Waals surface area contributed by atoms with E-state index < -0.39 is 0 Å². The van der Waals surface area contributed by atoms with Crippen LogP contribution in [0.4, 0.5) is 5.69 Å². The average Bonchev–Trinajstić information content (AvgIpc) is 3.19. The van der Waals surface area contributed by atoms with Gasteiger partial charge >= 0.3 is 0 Å². The van der Waals surface area contributed by atoms with Gasteiger partial charge in [0.05, 0.1) is 17.3 Å². The fraction of sp³-hybridized carbons (Fsp3) is 0.150. The Morgan fingerprint density at radius 2 is 1.83 bits per heavy atom. The average molecular weight is 391 g/mol. The van der Waals surface area contributed by atoms with Gasteiger partial charge in [0, 0.05) is 24.6 Å². The summed E-state index contributed by atoms with van der Waals surface area (Å²) >= 11 is 0. The highest BCUT2D eigenvalue weighted by Gasteiger charge is 2.11. The van der Waals surface area contributed by atoms with Crippen molar-refractivity contribution >= 4 is 22.4 Å². The lowest BCUT2D eigenvalue weighted by atomic mass is 10.2. The first-order valence-electron chi connectivity index (χ1n) is 8.94. The van der Waals surface area contributed by atoms with Crippen LogP contribution in [0.1, 0.15) is 12.8 Å². The third-order valence-corrected chi connectivity index (χ3v) is 4.36. The molecular weight excluding hydrogens is 374 g/mol. The van der Waals surface area contributed by atoms with E-state index in [0.29, 0.717) is 28.2 Å². The first-order valence-corrected chi connectivity index (χ1v) is 8.94. The van der Waals surface area contributed by atoms with Crippen molar-refractivity contribution in [1.82, 2.24) is 19.9 Å². The van der Waals surface area contributed by atoms with Gasteiger partial charge in [0.15, 0.2) is 0 Å². The van der Waals surface area contributed by atoms with E-state index in [4.69, 9.17) is 4.52 Å². The van der Waals surface area contributed by atoms with Crippen molar-refractivity contribution in [1.29, 1.82) is 0 Å². The molecule has 0 unspecified atom stereocenters.